The number of esters is 1. The number of carbonyl (C=O) groups excluding carboxylic acids is 3. The van der Waals surface area contributed by atoms with Crippen LogP contribution in [0.1, 0.15) is 53.4 Å². The molecular weight excluding hydrogens is 338 g/mol. The zero-order valence-electron chi connectivity index (χ0n) is 16.4. The molecule has 148 valence electrons. The summed E-state index contributed by atoms with van der Waals surface area (Å²) in [5.41, 5.74) is -1.06. The summed E-state index contributed by atoms with van der Waals surface area (Å²) in [6.07, 6.45) is 2.30. The molecule has 7 nitrogen and oxygen atoms in total. The number of ether oxygens (including phenoxy) is 3. The Bertz CT molecular complexity index is 550. The molecule has 1 amide bonds. The van der Waals surface area contributed by atoms with Gasteiger partial charge in [-0.3, -0.25) is 9.59 Å². The predicted octanol–water partition coefficient (Wildman–Crippen LogP) is 2.46. The highest BCUT2D eigenvalue weighted by molar-refractivity contribution is 5.85. The Morgan fingerprint density at radius 2 is 1.81 bits per heavy atom. The molecule has 0 aromatic rings. The molecule has 0 saturated carbocycles. The molecule has 2 aliphatic rings. The van der Waals surface area contributed by atoms with Crippen LogP contribution < -0.4 is 5.32 Å². The number of methoxy groups -OCH3 is 1. The van der Waals surface area contributed by atoms with Crippen LogP contribution in [0.5, 0.6) is 0 Å². The molecule has 2 saturated heterocycles. The van der Waals surface area contributed by atoms with Gasteiger partial charge in [-0.2, -0.15) is 0 Å². The lowest BCUT2D eigenvalue weighted by Gasteiger charge is -2.33. The van der Waals surface area contributed by atoms with E-state index in [9.17, 15) is 14.4 Å². The van der Waals surface area contributed by atoms with Crippen molar-refractivity contribution in [3.8, 4) is 0 Å². The molecular formula is C19H31NO6. The Morgan fingerprint density at radius 3 is 2.46 bits per heavy atom. The van der Waals surface area contributed by atoms with Gasteiger partial charge in [0.2, 0.25) is 0 Å². The van der Waals surface area contributed by atoms with E-state index in [1.165, 1.54) is 0 Å². The highest BCUT2D eigenvalue weighted by Gasteiger charge is 2.51. The minimum absolute atomic E-state index is 0.0342. The Hall–Kier alpha value is -1.63. The predicted molar refractivity (Wildman–Crippen MR) is 94.5 cm³/mol. The molecule has 0 radical (unpaired) electrons. The first-order valence-corrected chi connectivity index (χ1v) is 9.40. The van der Waals surface area contributed by atoms with Crippen LogP contribution in [-0.2, 0) is 23.8 Å². The fraction of sp³-hybridized carbons (Fsp3) is 0.842. The molecule has 0 bridgehead atoms. The van der Waals surface area contributed by atoms with Crippen molar-refractivity contribution in [1.29, 1.82) is 0 Å². The fourth-order valence-electron chi connectivity index (χ4n) is 3.94. The largest absolute Gasteiger partial charge is 0.461 e. The first kappa shape index (κ1) is 20.7. The monoisotopic (exact) mass is 369 g/mol. The maximum atomic E-state index is 12.9. The molecule has 0 aromatic heterocycles. The second-order valence-electron chi connectivity index (χ2n) is 7.95. The first-order valence-electron chi connectivity index (χ1n) is 9.40. The lowest BCUT2D eigenvalue weighted by molar-refractivity contribution is -0.155. The molecule has 2 heterocycles. The topological polar surface area (TPSA) is 90.9 Å². The number of hydrogen-bond acceptors (Lipinski definition) is 6. The average molecular weight is 369 g/mol. The van der Waals surface area contributed by atoms with Crippen LogP contribution in [0.4, 0.5) is 4.79 Å². The van der Waals surface area contributed by atoms with Crippen LogP contribution >= 0.6 is 0 Å². The van der Waals surface area contributed by atoms with E-state index in [-0.39, 0.29) is 36.3 Å². The lowest BCUT2D eigenvalue weighted by Crippen LogP contribution is -2.52. The molecule has 2 fully saturated rings. The lowest BCUT2D eigenvalue weighted by atomic mass is 9.80. The van der Waals surface area contributed by atoms with Gasteiger partial charge in [-0.05, 0) is 26.2 Å². The van der Waals surface area contributed by atoms with Crippen LogP contribution in [-0.4, -0.2) is 49.3 Å². The normalized spacial score (nSPS) is 40.0. The van der Waals surface area contributed by atoms with E-state index < -0.39 is 23.7 Å². The van der Waals surface area contributed by atoms with Crippen molar-refractivity contribution < 1.29 is 28.6 Å². The SMILES string of the molecule is CO[C@H]1CCC[C@@H](C)C(=O)OC[C@@]2(C)OC(=O)N[C@@H]2[C@@H](C)C(=O)[C@H](C)C1. The van der Waals surface area contributed by atoms with Gasteiger partial charge in [-0.1, -0.05) is 27.2 Å². The smallest absolute Gasteiger partial charge is 0.408 e. The van der Waals surface area contributed by atoms with Crippen molar-refractivity contribution in [2.24, 2.45) is 17.8 Å². The third-order valence-electron chi connectivity index (χ3n) is 5.71. The molecule has 2 aliphatic heterocycles. The van der Waals surface area contributed by atoms with Gasteiger partial charge in [0.05, 0.1) is 18.1 Å². The summed E-state index contributed by atoms with van der Waals surface area (Å²) in [7, 11) is 1.65. The molecule has 0 aromatic carbocycles. The minimum Gasteiger partial charge on any atom is -0.461 e. The van der Waals surface area contributed by atoms with Crippen LogP contribution in [0.2, 0.25) is 0 Å². The summed E-state index contributed by atoms with van der Waals surface area (Å²) >= 11 is 0. The van der Waals surface area contributed by atoms with Crippen molar-refractivity contribution in [2.45, 2.75) is 71.1 Å². The van der Waals surface area contributed by atoms with E-state index >= 15 is 0 Å². The Morgan fingerprint density at radius 1 is 1.12 bits per heavy atom. The molecule has 0 unspecified atom stereocenters. The standard InChI is InChI=1S/C19H31NO6/c1-11-7-6-8-14(24-5)9-12(2)15(21)13(3)16-19(4,10-25-17(11)22)26-18(23)20-16/h11-14,16H,6-10H2,1-5H3,(H,20,23)/t11-,12-,13+,14+,16-,19-/m1/s1. The fourth-order valence-corrected chi connectivity index (χ4v) is 3.94. The van der Waals surface area contributed by atoms with Gasteiger partial charge in [-0.25, -0.2) is 4.79 Å². The maximum absolute atomic E-state index is 12.9. The number of cyclic esters (lactones) is 1. The highest BCUT2D eigenvalue weighted by Crippen LogP contribution is 2.31. The van der Waals surface area contributed by atoms with Crippen LogP contribution in [0, 0.1) is 17.8 Å². The second-order valence-corrected chi connectivity index (χ2v) is 7.95. The molecule has 0 aliphatic carbocycles. The Labute approximate surface area is 155 Å². The number of alkyl carbamates (subject to hydrolysis) is 1. The maximum Gasteiger partial charge on any atom is 0.408 e. The summed E-state index contributed by atoms with van der Waals surface area (Å²) in [5.74, 6) is -1.16. The van der Waals surface area contributed by atoms with E-state index in [0.29, 0.717) is 12.8 Å². The van der Waals surface area contributed by atoms with E-state index in [2.05, 4.69) is 5.32 Å². The minimum atomic E-state index is -1.06. The number of Topliss-reactive ketones (excluding diaryl/α,β-unsaturated/α-hetero) is 1. The first-order chi connectivity index (χ1) is 12.2. The Balaban J connectivity index is 2.25. The number of nitrogens with one attached hydrogen (secondary N) is 1. The van der Waals surface area contributed by atoms with Gasteiger partial charge in [0.1, 0.15) is 12.4 Å². The summed E-state index contributed by atoms with van der Waals surface area (Å²) < 4.78 is 16.3. The van der Waals surface area contributed by atoms with Gasteiger partial charge in [0.15, 0.2) is 5.60 Å². The zero-order chi connectivity index (χ0) is 19.5. The summed E-state index contributed by atoms with van der Waals surface area (Å²) in [5, 5.41) is 2.72. The molecule has 26 heavy (non-hydrogen) atoms. The van der Waals surface area contributed by atoms with Crippen molar-refractivity contribution in [3.05, 3.63) is 0 Å². The third kappa shape index (κ3) is 4.55. The van der Waals surface area contributed by atoms with Crippen molar-refractivity contribution in [3.63, 3.8) is 0 Å². The van der Waals surface area contributed by atoms with E-state index in [1.807, 2.05) is 13.8 Å². The number of hydrogen-bond donors (Lipinski definition) is 1. The van der Waals surface area contributed by atoms with Crippen LogP contribution in [0.3, 0.4) is 0 Å². The summed E-state index contributed by atoms with van der Waals surface area (Å²) in [4.78, 5) is 37.0. The van der Waals surface area contributed by atoms with E-state index in [0.717, 1.165) is 12.8 Å². The summed E-state index contributed by atoms with van der Waals surface area (Å²) in [6, 6.07) is -0.544. The zero-order valence-corrected chi connectivity index (χ0v) is 16.4. The van der Waals surface area contributed by atoms with Crippen molar-refractivity contribution in [1.82, 2.24) is 5.32 Å². The molecule has 2 rings (SSSR count). The van der Waals surface area contributed by atoms with Crippen LogP contribution in [0.15, 0.2) is 0 Å². The quantitative estimate of drug-likeness (QED) is 0.714. The second kappa shape index (κ2) is 8.37. The average Bonchev–Trinajstić information content (AvgIpc) is 2.91. The number of ketones is 1. The van der Waals surface area contributed by atoms with E-state index in [4.69, 9.17) is 14.2 Å². The van der Waals surface area contributed by atoms with Gasteiger partial charge in [-0.15, -0.1) is 0 Å². The van der Waals surface area contributed by atoms with Gasteiger partial charge in [0.25, 0.3) is 0 Å². The van der Waals surface area contributed by atoms with Crippen molar-refractivity contribution in [2.75, 3.05) is 13.7 Å². The van der Waals surface area contributed by atoms with Crippen LogP contribution in [0.25, 0.3) is 0 Å². The Kier molecular flexibility index (Phi) is 6.66. The molecule has 0 spiro atoms. The summed E-state index contributed by atoms with van der Waals surface area (Å²) in [6.45, 7) is 7.16. The highest BCUT2D eigenvalue weighted by atomic mass is 16.6. The molecule has 7 heteroatoms. The number of amides is 1. The van der Waals surface area contributed by atoms with Gasteiger partial charge < -0.3 is 19.5 Å². The molecule has 1 N–H and O–H groups in total. The third-order valence-corrected chi connectivity index (χ3v) is 5.71. The van der Waals surface area contributed by atoms with Gasteiger partial charge in [0, 0.05) is 18.9 Å². The number of rotatable bonds is 1. The van der Waals surface area contributed by atoms with Gasteiger partial charge >= 0.3 is 12.1 Å². The number of carbonyl (C=O) groups is 3. The van der Waals surface area contributed by atoms with E-state index in [1.54, 1.807) is 21.0 Å². The number of fused-ring (bicyclic) bond motifs is 1. The van der Waals surface area contributed by atoms with Crippen molar-refractivity contribution >= 4 is 17.8 Å². The molecule has 6 atom stereocenters.